The van der Waals surface area contributed by atoms with Gasteiger partial charge in [-0.15, -0.1) is 0 Å². The molecule has 0 amide bonds. The number of rotatable bonds is 9. The Morgan fingerprint density at radius 2 is 1.53 bits per heavy atom. The molecule has 0 bridgehead atoms. The van der Waals surface area contributed by atoms with E-state index in [2.05, 4.69) is 52.5 Å². The lowest BCUT2D eigenvalue weighted by Crippen LogP contribution is -2.38. The minimum absolute atomic E-state index is 0.269. The second-order valence-electron chi connectivity index (χ2n) is 8.24. The molecule has 32 heavy (non-hydrogen) atoms. The SMILES string of the molecule is COCc1nccc(N(OCc2ccccc2)C2CCC(c3ccccc3)CC2)c1OC. The second kappa shape index (κ2) is 11.1. The molecular weight excluding hydrogens is 400 g/mol. The van der Waals surface area contributed by atoms with Crippen molar-refractivity contribution in [1.29, 1.82) is 0 Å². The summed E-state index contributed by atoms with van der Waals surface area (Å²) in [6.45, 7) is 0.898. The molecule has 0 unspecified atom stereocenters. The van der Waals surface area contributed by atoms with Crippen LogP contribution in [0.2, 0.25) is 0 Å². The predicted molar refractivity (Wildman–Crippen MR) is 127 cm³/mol. The van der Waals surface area contributed by atoms with Crippen LogP contribution in [-0.2, 0) is 22.8 Å². The van der Waals surface area contributed by atoms with E-state index >= 15 is 0 Å². The molecule has 4 rings (SSSR count). The normalized spacial score (nSPS) is 18.3. The van der Waals surface area contributed by atoms with Crippen LogP contribution < -0.4 is 9.80 Å². The molecule has 1 saturated carbocycles. The summed E-state index contributed by atoms with van der Waals surface area (Å²) >= 11 is 0. The van der Waals surface area contributed by atoms with Gasteiger partial charge in [-0.1, -0.05) is 60.7 Å². The van der Waals surface area contributed by atoms with Crippen LogP contribution in [0.1, 0.15) is 48.4 Å². The van der Waals surface area contributed by atoms with Crippen LogP contribution in [-0.4, -0.2) is 25.2 Å². The highest BCUT2D eigenvalue weighted by atomic mass is 16.7. The van der Waals surface area contributed by atoms with E-state index in [9.17, 15) is 0 Å². The Kier molecular flexibility index (Phi) is 7.75. The molecular formula is C27H32N2O3. The summed E-state index contributed by atoms with van der Waals surface area (Å²) in [5.74, 6) is 1.32. The third-order valence-electron chi connectivity index (χ3n) is 6.19. The van der Waals surface area contributed by atoms with Gasteiger partial charge < -0.3 is 9.47 Å². The van der Waals surface area contributed by atoms with Crippen LogP contribution in [0.5, 0.6) is 5.75 Å². The Hall–Kier alpha value is -2.89. The fourth-order valence-electron chi connectivity index (χ4n) is 4.57. The van der Waals surface area contributed by atoms with Crippen molar-refractivity contribution in [3.8, 4) is 5.75 Å². The van der Waals surface area contributed by atoms with Crippen LogP contribution in [0.3, 0.4) is 0 Å². The maximum Gasteiger partial charge on any atom is 0.168 e. The summed E-state index contributed by atoms with van der Waals surface area (Å²) in [5.41, 5.74) is 4.26. The Morgan fingerprint density at radius 3 is 2.19 bits per heavy atom. The Morgan fingerprint density at radius 1 is 0.844 bits per heavy atom. The van der Waals surface area contributed by atoms with Crippen molar-refractivity contribution in [3.05, 3.63) is 89.7 Å². The van der Waals surface area contributed by atoms with Gasteiger partial charge in [-0.2, -0.15) is 0 Å². The monoisotopic (exact) mass is 432 g/mol. The standard InChI is InChI=1S/C27H32N2O3/c1-30-20-25-27(31-2)26(17-18-28-25)29(32-19-21-9-5-3-6-10-21)24-15-13-23(14-16-24)22-11-7-4-8-12-22/h3-12,17-18,23-24H,13-16,19-20H2,1-2H3. The van der Waals surface area contributed by atoms with Gasteiger partial charge in [0.15, 0.2) is 5.75 Å². The molecule has 0 saturated heterocycles. The number of hydrogen-bond acceptors (Lipinski definition) is 5. The first-order chi connectivity index (χ1) is 15.8. The maximum atomic E-state index is 6.46. The Balaban J connectivity index is 1.57. The van der Waals surface area contributed by atoms with Gasteiger partial charge in [0.1, 0.15) is 11.4 Å². The van der Waals surface area contributed by atoms with E-state index in [1.54, 1.807) is 20.4 Å². The Labute approximate surface area is 190 Å². The fraction of sp³-hybridized carbons (Fsp3) is 0.370. The number of nitrogens with zero attached hydrogens (tertiary/aromatic N) is 2. The average molecular weight is 433 g/mol. The van der Waals surface area contributed by atoms with Crippen LogP contribution in [0.25, 0.3) is 0 Å². The van der Waals surface area contributed by atoms with Gasteiger partial charge in [-0.05, 0) is 48.8 Å². The number of pyridine rings is 1. The van der Waals surface area contributed by atoms with Gasteiger partial charge in [0, 0.05) is 13.3 Å². The number of methoxy groups -OCH3 is 2. The van der Waals surface area contributed by atoms with Crippen LogP contribution in [0, 0.1) is 0 Å². The van der Waals surface area contributed by atoms with Crippen molar-refractivity contribution in [2.45, 2.75) is 50.9 Å². The van der Waals surface area contributed by atoms with Gasteiger partial charge in [0.2, 0.25) is 0 Å². The quantitative estimate of drug-likeness (QED) is 0.394. The van der Waals surface area contributed by atoms with Crippen molar-refractivity contribution in [2.24, 2.45) is 0 Å². The number of aromatic nitrogens is 1. The van der Waals surface area contributed by atoms with Crippen molar-refractivity contribution in [1.82, 2.24) is 4.98 Å². The summed E-state index contributed by atoms with van der Waals surface area (Å²) in [5, 5.41) is 2.06. The van der Waals surface area contributed by atoms with Gasteiger partial charge in [-0.3, -0.25) is 9.82 Å². The second-order valence-corrected chi connectivity index (χ2v) is 8.24. The molecule has 0 spiro atoms. The molecule has 1 heterocycles. The average Bonchev–Trinajstić information content (AvgIpc) is 2.86. The number of ether oxygens (including phenoxy) is 2. The van der Waals surface area contributed by atoms with Gasteiger partial charge >= 0.3 is 0 Å². The predicted octanol–water partition coefficient (Wildman–Crippen LogP) is 5.90. The smallest absolute Gasteiger partial charge is 0.168 e. The largest absolute Gasteiger partial charge is 0.492 e. The first-order valence-electron chi connectivity index (χ1n) is 11.3. The first-order valence-corrected chi connectivity index (χ1v) is 11.3. The van der Waals surface area contributed by atoms with Crippen molar-refractivity contribution < 1.29 is 14.3 Å². The van der Waals surface area contributed by atoms with E-state index in [0.29, 0.717) is 24.9 Å². The zero-order chi connectivity index (χ0) is 22.2. The van der Waals surface area contributed by atoms with E-state index in [-0.39, 0.29) is 6.04 Å². The van der Waals surface area contributed by atoms with Crippen LogP contribution in [0.15, 0.2) is 72.9 Å². The molecule has 5 nitrogen and oxygen atoms in total. The van der Waals surface area contributed by atoms with Crippen molar-refractivity contribution in [3.63, 3.8) is 0 Å². The van der Waals surface area contributed by atoms with E-state index in [1.807, 2.05) is 24.3 Å². The molecule has 1 aliphatic rings. The Bertz CT molecular complexity index is 957. The maximum absolute atomic E-state index is 6.46. The molecule has 1 fully saturated rings. The molecule has 1 aromatic heterocycles. The molecule has 168 valence electrons. The fourth-order valence-corrected chi connectivity index (χ4v) is 4.57. The molecule has 0 aliphatic heterocycles. The van der Waals surface area contributed by atoms with Crippen LogP contribution in [0.4, 0.5) is 5.69 Å². The molecule has 3 aromatic rings. The topological polar surface area (TPSA) is 43.8 Å². The minimum Gasteiger partial charge on any atom is -0.492 e. The molecule has 5 heteroatoms. The van der Waals surface area contributed by atoms with E-state index < -0.39 is 0 Å². The van der Waals surface area contributed by atoms with E-state index in [0.717, 1.165) is 42.6 Å². The third-order valence-corrected chi connectivity index (χ3v) is 6.19. The highest BCUT2D eigenvalue weighted by Gasteiger charge is 2.30. The lowest BCUT2D eigenvalue weighted by atomic mass is 9.81. The summed E-state index contributed by atoms with van der Waals surface area (Å²) in [7, 11) is 3.35. The third kappa shape index (κ3) is 5.29. The molecule has 1 aliphatic carbocycles. The molecule has 0 atom stereocenters. The van der Waals surface area contributed by atoms with Gasteiger partial charge in [0.05, 0.1) is 26.4 Å². The highest BCUT2D eigenvalue weighted by Crippen LogP contribution is 2.39. The zero-order valence-electron chi connectivity index (χ0n) is 18.9. The lowest BCUT2D eigenvalue weighted by molar-refractivity contribution is 0.0611. The summed E-state index contributed by atoms with van der Waals surface area (Å²) in [6.07, 6.45) is 6.19. The van der Waals surface area contributed by atoms with Crippen LogP contribution >= 0.6 is 0 Å². The summed E-state index contributed by atoms with van der Waals surface area (Å²) < 4.78 is 11.1. The molecule has 0 radical (unpaired) electrons. The number of benzene rings is 2. The lowest BCUT2D eigenvalue weighted by Gasteiger charge is -2.38. The first kappa shape index (κ1) is 22.3. The van der Waals surface area contributed by atoms with Gasteiger partial charge in [-0.25, -0.2) is 5.06 Å². The summed E-state index contributed by atoms with van der Waals surface area (Å²) in [4.78, 5) is 10.9. The van der Waals surface area contributed by atoms with E-state index in [1.165, 1.54) is 5.56 Å². The van der Waals surface area contributed by atoms with Gasteiger partial charge in [0.25, 0.3) is 0 Å². The highest BCUT2D eigenvalue weighted by molar-refractivity contribution is 5.59. The van der Waals surface area contributed by atoms with E-state index in [4.69, 9.17) is 14.3 Å². The zero-order valence-corrected chi connectivity index (χ0v) is 18.9. The number of anilines is 1. The minimum atomic E-state index is 0.269. The number of hydrogen-bond donors (Lipinski definition) is 0. The number of hydroxylamine groups is 1. The summed E-state index contributed by atoms with van der Waals surface area (Å²) in [6, 6.07) is 23.4. The van der Waals surface area contributed by atoms with Crippen molar-refractivity contribution >= 4 is 5.69 Å². The molecule has 2 aromatic carbocycles. The molecule has 0 N–H and O–H groups in total. The van der Waals surface area contributed by atoms with Crippen molar-refractivity contribution in [2.75, 3.05) is 19.3 Å².